The molecule has 0 aliphatic carbocycles. The van der Waals surface area contributed by atoms with Crippen LogP contribution < -0.4 is 15.2 Å². The van der Waals surface area contributed by atoms with Gasteiger partial charge in [0.15, 0.2) is 11.5 Å². The van der Waals surface area contributed by atoms with Gasteiger partial charge in [0.1, 0.15) is 6.61 Å². The number of hydrogen-bond donors (Lipinski definition) is 1. The molecular weight excluding hydrogens is 318 g/mol. The summed E-state index contributed by atoms with van der Waals surface area (Å²) in [5.74, 6) is 1.48. The minimum absolute atomic E-state index is 0.165. The number of benzene rings is 1. The molecule has 3 nitrogen and oxygen atoms in total. The Balaban J connectivity index is 3.01. The molecule has 0 saturated heterocycles. The first-order valence-electron chi connectivity index (χ1n) is 6.95. The van der Waals surface area contributed by atoms with Gasteiger partial charge < -0.3 is 15.2 Å². The molecule has 0 amide bonds. The lowest BCUT2D eigenvalue weighted by atomic mass is 10.0. The Morgan fingerprint density at radius 3 is 2.60 bits per heavy atom. The minimum Gasteiger partial charge on any atom is -0.490 e. The van der Waals surface area contributed by atoms with E-state index in [0.717, 1.165) is 39.9 Å². The van der Waals surface area contributed by atoms with E-state index in [1.165, 1.54) is 0 Å². The molecular formula is C16H24BrNO2. The summed E-state index contributed by atoms with van der Waals surface area (Å²) in [6, 6.07) is 4.22. The number of rotatable bonds is 8. The molecule has 0 saturated carbocycles. The van der Waals surface area contributed by atoms with Crippen LogP contribution in [0, 0.1) is 0 Å². The molecule has 4 heteroatoms. The van der Waals surface area contributed by atoms with Gasteiger partial charge in [-0.2, -0.15) is 0 Å². The van der Waals surface area contributed by atoms with Crippen molar-refractivity contribution in [2.75, 3.05) is 13.2 Å². The Hall–Kier alpha value is -1.00. The van der Waals surface area contributed by atoms with E-state index in [-0.39, 0.29) is 6.04 Å². The quantitative estimate of drug-likeness (QED) is 0.724. The highest BCUT2D eigenvalue weighted by Gasteiger charge is 2.13. The molecule has 0 aliphatic heterocycles. The summed E-state index contributed by atoms with van der Waals surface area (Å²) in [5, 5.41) is 0. The van der Waals surface area contributed by atoms with Crippen molar-refractivity contribution >= 4 is 15.9 Å². The summed E-state index contributed by atoms with van der Waals surface area (Å²) in [7, 11) is 0. The highest BCUT2D eigenvalue weighted by molar-refractivity contribution is 9.10. The first-order valence-corrected chi connectivity index (χ1v) is 7.75. The molecule has 20 heavy (non-hydrogen) atoms. The van der Waals surface area contributed by atoms with Crippen molar-refractivity contribution < 1.29 is 9.47 Å². The van der Waals surface area contributed by atoms with E-state index in [1.807, 2.05) is 26.0 Å². The van der Waals surface area contributed by atoms with Crippen molar-refractivity contribution in [2.45, 2.75) is 39.7 Å². The topological polar surface area (TPSA) is 44.5 Å². The van der Waals surface area contributed by atoms with Crippen molar-refractivity contribution in [1.82, 2.24) is 0 Å². The number of nitrogens with two attached hydrogens (primary N) is 1. The summed E-state index contributed by atoms with van der Waals surface area (Å²) < 4.78 is 12.3. The molecule has 0 bridgehead atoms. The van der Waals surface area contributed by atoms with E-state index < -0.39 is 0 Å². The zero-order valence-electron chi connectivity index (χ0n) is 12.5. The summed E-state index contributed by atoms with van der Waals surface area (Å²) >= 11 is 3.55. The second-order valence-corrected chi connectivity index (χ2v) is 5.81. The maximum atomic E-state index is 6.02. The van der Waals surface area contributed by atoms with Crippen molar-refractivity contribution in [3.63, 3.8) is 0 Å². The first-order chi connectivity index (χ1) is 9.47. The van der Waals surface area contributed by atoms with Gasteiger partial charge in [0.2, 0.25) is 0 Å². The molecule has 0 heterocycles. The Morgan fingerprint density at radius 1 is 1.35 bits per heavy atom. The Morgan fingerprint density at radius 2 is 2.05 bits per heavy atom. The zero-order valence-corrected chi connectivity index (χ0v) is 14.1. The SMILES string of the molecule is C=C(C)COc1c(Br)cc(CC(N)CC)cc1OCC. The average Bonchev–Trinajstić information content (AvgIpc) is 2.37. The number of halogens is 1. The first kappa shape index (κ1) is 17.1. The van der Waals surface area contributed by atoms with Gasteiger partial charge in [-0.25, -0.2) is 0 Å². The minimum atomic E-state index is 0.165. The molecule has 1 unspecified atom stereocenters. The van der Waals surface area contributed by atoms with Gasteiger partial charge in [0, 0.05) is 6.04 Å². The van der Waals surface area contributed by atoms with Gasteiger partial charge in [-0.15, -0.1) is 0 Å². The predicted octanol–water partition coefficient (Wildman–Crippen LogP) is 4.08. The third-order valence-electron chi connectivity index (χ3n) is 2.85. The van der Waals surface area contributed by atoms with Gasteiger partial charge in [-0.3, -0.25) is 0 Å². The highest BCUT2D eigenvalue weighted by atomic mass is 79.9. The van der Waals surface area contributed by atoms with E-state index in [4.69, 9.17) is 15.2 Å². The van der Waals surface area contributed by atoms with Crippen LogP contribution in [-0.2, 0) is 6.42 Å². The standard InChI is InChI=1S/C16H24BrNO2/c1-5-13(18)7-12-8-14(17)16(20-10-11(3)4)15(9-12)19-6-2/h8-9,13H,3,5-7,10,18H2,1-2,4H3. The van der Waals surface area contributed by atoms with Gasteiger partial charge >= 0.3 is 0 Å². The summed E-state index contributed by atoms with van der Waals surface area (Å²) in [6.07, 6.45) is 1.78. The smallest absolute Gasteiger partial charge is 0.175 e. The van der Waals surface area contributed by atoms with Gasteiger partial charge in [-0.05, 0) is 65.9 Å². The third kappa shape index (κ3) is 5.17. The van der Waals surface area contributed by atoms with E-state index >= 15 is 0 Å². The molecule has 2 N–H and O–H groups in total. The van der Waals surface area contributed by atoms with Crippen molar-refractivity contribution in [2.24, 2.45) is 5.73 Å². The van der Waals surface area contributed by atoms with E-state index in [0.29, 0.717) is 13.2 Å². The number of ether oxygens (including phenoxy) is 2. The fourth-order valence-corrected chi connectivity index (χ4v) is 2.39. The van der Waals surface area contributed by atoms with Crippen LogP contribution in [0.4, 0.5) is 0 Å². The second-order valence-electron chi connectivity index (χ2n) is 4.96. The van der Waals surface area contributed by atoms with Gasteiger partial charge in [0.25, 0.3) is 0 Å². The lowest BCUT2D eigenvalue weighted by Gasteiger charge is -2.16. The summed E-state index contributed by atoms with van der Waals surface area (Å²) in [5.41, 5.74) is 8.14. The van der Waals surface area contributed by atoms with Crippen molar-refractivity contribution in [3.05, 3.63) is 34.3 Å². The fourth-order valence-electron chi connectivity index (χ4n) is 1.78. The second kappa shape index (κ2) is 8.32. The molecule has 0 fully saturated rings. The number of hydrogen-bond acceptors (Lipinski definition) is 3. The van der Waals surface area contributed by atoms with Crippen molar-refractivity contribution in [1.29, 1.82) is 0 Å². The predicted molar refractivity (Wildman–Crippen MR) is 87.6 cm³/mol. The molecule has 0 aromatic heterocycles. The monoisotopic (exact) mass is 341 g/mol. The Bertz CT molecular complexity index is 460. The average molecular weight is 342 g/mol. The maximum Gasteiger partial charge on any atom is 0.175 e. The van der Waals surface area contributed by atoms with Crippen LogP contribution in [-0.4, -0.2) is 19.3 Å². The molecule has 1 rings (SSSR count). The normalized spacial score (nSPS) is 12.1. The van der Waals surface area contributed by atoms with Crippen LogP contribution in [0.15, 0.2) is 28.8 Å². The molecule has 112 valence electrons. The van der Waals surface area contributed by atoms with Gasteiger partial charge in [0.05, 0.1) is 11.1 Å². The Kier molecular flexibility index (Phi) is 7.10. The highest BCUT2D eigenvalue weighted by Crippen LogP contribution is 2.37. The van der Waals surface area contributed by atoms with E-state index in [9.17, 15) is 0 Å². The molecule has 1 aromatic rings. The molecule has 0 aliphatic rings. The van der Waals surface area contributed by atoms with Crippen LogP contribution in [0.25, 0.3) is 0 Å². The lowest BCUT2D eigenvalue weighted by molar-refractivity contribution is 0.291. The van der Waals surface area contributed by atoms with Crippen LogP contribution in [0.5, 0.6) is 11.5 Å². The zero-order chi connectivity index (χ0) is 15.1. The van der Waals surface area contributed by atoms with Crippen LogP contribution in [0.2, 0.25) is 0 Å². The largest absolute Gasteiger partial charge is 0.490 e. The van der Waals surface area contributed by atoms with Crippen LogP contribution in [0.3, 0.4) is 0 Å². The molecule has 0 radical (unpaired) electrons. The Labute approximate surface area is 130 Å². The summed E-state index contributed by atoms with van der Waals surface area (Å²) in [6.45, 7) is 10.9. The van der Waals surface area contributed by atoms with E-state index in [2.05, 4.69) is 29.4 Å². The lowest BCUT2D eigenvalue weighted by Crippen LogP contribution is -2.21. The fraction of sp³-hybridized carbons (Fsp3) is 0.500. The van der Waals surface area contributed by atoms with Gasteiger partial charge in [-0.1, -0.05) is 13.5 Å². The van der Waals surface area contributed by atoms with Crippen LogP contribution in [0.1, 0.15) is 32.8 Å². The molecule has 0 spiro atoms. The van der Waals surface area contributed by atoms with Crippen molar-refractivity contribution in [3.8, 4) is 11.5 Å². The molecule has 1 atom stereocenters. The maximum absolute atomic E-state index is 6.02. The van der Waals surface area contributed by atoms with Crippen LogP contribution >= 0.6 is 15.9 Å². The molecule has 1 aromatic carbocycles. The van der Waals surface area contributed by atoms with E-state index in [1.54, 1.807) is 0 Å². The third-order valence-corrected chi connectivity index (χ3v) is 3.44. The summed E-state index contributed by atoms with van der Waals surface area (Å²) in [4.78, 5) is 0.